The number of aliphatic hydroxyl groups excluding tert-OH is 1. The summed E-state index contributed by atoms with van der Waals surface area (Å²) in [5.41, 5.74) is 1.89. The molecule has 0 bridgehead atoms. The highest BCUT2D eigenvalue weighted by Gasteiger charge is 2.22. The number of nitrogens with zero attached hydrogens (tertiary/aromatic N) is 1. The molecule has 0 aliphatic carbocycles. The number of hydrogen-bond acceptors (Lipinski definition) is 3. The summed E-state index contributed by atoms with van der Waals surface area (Å²) in [5, 5.41) is 14.1. The summed E-state index contributed by atoms with van der Waals surface area (Å²) < 4.78 is 0. The Morgan fingerprint density at radius 3 is 1.91 bits per heavy atom. The first-order valence-corrected chi connectivity index (χ1v) is 7.30. The smallest absolute Gasteiger partial charge is 0.126 e. The molecule has 3 nitrogen and oxygen atoms in total. The molecule has 2 N–H and O–H groups in total. The number of aromatic nitrogens is 1. The summed E-state index contributed by atoms with van der Waals surface area (Å²) in [4.78, 5) is 4.30. The Kier molecular flexibility index (Phi) is 4.47. The second kappa shape index (κ2) is 6.87. The SMILES string of the molecule is O[C@@H](c1ccccc1)[C@H](Nc1ccccn1)c1ccccc1. The highest BCUT2D eigenvalue weighted by Crippen LogP contribution is 2.31. The number of rotatable bonds is 5. The van der Waals surface area contributed by atoms with Crippen LogP contribution in [0.2, 0.25) is 0 Å². The zero-order valence-electron chi connectivity index (χ0n) is 12.1. The van der Waals surface area contributed by atoms with Gasteiger partial charge in [-0.05, 0) is 23.3 Å². The van der Waals surface area contributed by atoms with Crippen LogP contribution in [0.4, 0.5) is 5.82 Å². The molecule has 1 aromatic heterocycles. The van der Waals surface area contributed by atoms with Crippen LogP contribution < -0.4 is 5.32 Å². The van der Waals surface area contributed by atoms with Crippen LogP contribution in [0.15, 0.2) is 85.1 Å². The highest BCUT2D eigenvalue weighted by molar-refractivity contribution is 5.40. The second-order valence-corrected chi connectivity index (χ2v) is 5.10. The fourth-order valence-corrected chi connectivity index (χ4v) is 2.46. The van der Waals surface area contributed by atoms with Gasteiger partial charge in [0.05, 0.1) is 6.04 Å². The Morgan fingerprint density at radius 2 is 1.32 bits per heavy atom. The maximum Gasteiger partial charge on any atom is 0.126 e. The van der Waals surface area contributed by atoms with E-state index < -0.39 is 6.10 Å². The molecule has 1 heterocycles. The first-order valence-electron chi connectivity index (χ1n) is 7.30. The van der Waals surface area contributed by atoms with Gasteiger partial charge in [0.25, 0.3) is 0 Å². The number of anilines is 1. The van der Waals surface area contributed by atoms with E-state index in [1.54, 1.807) is 6.20 Å². The zero-order valence-corrected chi connectivity index (χ0v) is 12.1. The van der Waals surface area contributed by atoms with Gasteiger partial charge in [0.2, 0.25) is 0 Å². The summed E-state index contributed by atoms with van der Waals surface area (Å²) in [7, 11) is 0. The topological polar surface area (TPSA) is 45.1 Å². The number of nitrogens with one attached hydrogen (secondary N) is 1. The normalized spacial score (nSPS) is 13.3. The van der Waals surface area contributed by atoms with Crippen molar-refractivity contribution in [1.29, 1.82) is 0 Å². The van der Waals surface area contributed by atoms with Crippen molar-refractivity contribution in [2.45, 2.75) is 12.1 Å². The van der Waals surface area contributed by atoms with E-state index in [0.29, 0.717) is 0 Å². The molecular weight excluding hydrogens is 272 g/mol. The van der Waals surface area contributed by atoms with Crippen LogP contribution in [0, 0.1) is 0 Å². The average Bonchev–Trinajstić information content (AvgIpc) is 2.61. The highest BCUT2D eigenvalue weighted by atomic mass is 16.3. The van der Waals surface area contributed by atoms with E-state index in [-0.39, 0.29) is 6.04 Å². The van der Waals surface area contributed by atoms with Gasteiger partial charge in [-0.25, -0.2) is 4.98 Å². The van der Waals surface area contributed by atoms with E-state index in [4.69, 9.17) is 0 Å². The maximum absolute atomic E-state index is 10.8. The van der Waals surface area contributed by atoms with E-state index >= 15 is 0 Å². The monoisotopic (exact) mass is 290 g/mol. The van der Waals surface area contributed by atoms with Gasteiger partial charge in [0.15, 0.2) is 0 Å². The van der Waals surface area contributed by atoms with Crippen molar-refractivity contribution in [2.75, 3.05) is 5.32 Å². The van der Waals surface area contributed by atoms with E-state index in [1.807, 2.05) is 78.9 Å². The van der Waals surface area contributed by atoms with Crippen LogP contribution in [-0.4, -0.2) is 10.1 Å². The van der Waals surface area contributed by atoms with E-state index in [1.165, 1.54) is 0 Å². The van der Waals surface area contributed by atoms with Gasteiger partial charge in [-0.3, -0.25) is 0 Å². The minimum Gasteiger partial charge on any atom is -0.386 e. The average molecular weight is 290 g/mol. The molecule has 3 heteroatoms. The van der Waals surface area contributed by atoms with Crippen LogP contribution in [-0.2, 0) is 0 Å². The van der Waals surface area contributed by atoms with Gasteiger partial charge < -0.3 is 10.4 Å². The first kappa shape index (κ1) is 14.3. The van der Waals surface area contributed by atoms with Crippen molar-refractivity contribution in [3.8, 4) is 0 Å². The number of benzene rings is 2. The molecule has 3 aromatic rings. The van der Waals surface area contributed by atoms with Crippen molar-refractivity contribution in [1.82, 2.24) is 4.98 Å². The lowest BCUT2D eigenvalue weighted by atomic mass is 9.96. The standard InChI is InChI=1S/C19H18N2O/c22-19(16-11-5-2-6-12-16)18(15-9-3-1-4-10-15)21-17-13-7-8-14-20-17/h1-14,18-19,22H,(H,20,21)/t18-,19+/m1/s1. The van der Waals surface area contributed by atoms with Gasteiger partial charge >= 0.3 is 0 Å². The molecule has 0 aliphatic rings. The van der Waals surface area contributed by atoms with E-state index in [2.05, 4.69) is 10.3 Å². The predicted molar refractivity (Wildman–Crippen MR) is 88.4 cm³/mol. The molecule has 0 spiro atoms. The molecule has 0 saturated heterocycles. The van der Waals surface area contributed by atoms with Crippen molar-refractivity contribution >= 4 is 5.82 Å². The lowest BCUT2D eigenvalue weighted by molar-refractivity contribution is 0.154. The summed E-state index contributed by atoms with van der Waals surface area (Å²) in [6.07, 6.45) is 1.07. The van der Waals surface area contributed by atoms with Gasteiger partial charge in [-0.2, -0.15) is 0 Å². The molecule has 0 saturated carbocycles. The van der Waals surface area contributed by atoms with Crippen molar-refractivity contribution in [3.05, 3.63) is 96.2 Å². The number of pyridine rings is 1. The molecule has 22 heavy (non-hydrogen) atoms. The predicted octanol–water partition coefficient (Wildman–Crippen LogP) is 3.97. The Bertz CT molecular complexity index is 686. The fraction of sp³-hybridized carbons (Fsp3) is 0.105. The second-order valence-electron chi connectivity index (χ2n) is 5.10. The Hall–Kier alpha value is -2.65. The van der Waals surface area contributed by atoms with Crippen LogP contribution >= 0.6 is 0 Å². The zero-order chi connectivity index (χ0) is 15.2. The van der Waals surface area contributed by atoms with Crippen LogP contribution in [0.3, 0.4) is 0 Å². The third kappa shape index (κ3) is 3.32. The van der Waals surface area contributed by atoms with Crippen molar-refractivity contribution in [2.24, 2.45) is 0 Å². The Balaban J connectivity index is 1.93. The maximum atomic E-state index is 10.8. The van der Waals surface area contributed by atoms with E-state index in [0.717, 1.165) is 16.9 Å². The lowest BCUT2D eigenvalue weighted by Crippen LogP contribution is -2.20. The van der Waals surface area contributed by atoms with Crippen LogP contribution in [0.25, 0.3) is 0 Å². The molecule has 3 rings (SSSR count). The minimum atomic E-state index is -0.661. The molecule has 2 atom stereocenters. The third-order valence-corrected chi connectivity index (χ3v) is 3.58. The lowest BCUT2D eigenvalue weighted by Gasteiger charge is -2.25. The summed E-state index contributed by atoms with van der Waals surface area (Å²) in [6, 6.07) is 25.0. The summed E-state index contributed by atoms with van der Waals surface area (Å²) in [5.74, 6) is 0.742. The molecular formula is C19H18N2O. The first-order chi connectivity index (χ1) is 10.8. The van der Waals surface area contributed by atoms with Gasteiger partial charge in [0, 0.05) is 6.20 Å². The molecule has 2 aromatic carbocycles. The largest absolute Gasteiger partial charge is 0.386 e. The van der Waals surface area contributed by atoms with Gasteiger partial charge in [0.1, 0.15) is 11.9 Å². The van der Waals surface area contributed by atoms with E-state index in [9.17, 15) is 5.11 Å². The molecule has 0 aliphatic heterocycles. The van der Waals surface area contributed by atoms with Gasteiger partial charge in [-0.15, -0.1) is 0 Å². The number of hydrogen-bond donors (Lipinski definition) is 2. The van der Waals surface area contributed by atoms with Crippen LogP contribution in [0.5, 0.6) is 0 Å². The Labute approximate surface area is 130 Å². The van der Waals surface area contributed by atoms with Crippen molar-refractivity contribution in [3.63, 3.8) is 0 Å². The van der Waals surface area contributed by atoms with Crippen LogP contribution in [0.1, 0.15) is 23.3 Å². The molecule has 0 amide bonds. The minimum absolute atomic E-state index is 0.265. The fourth-order valence-electron chi connectivity index (χ4n) is 2.46. The third-order valence-electron chi connectivity index (χ3n) is 3.58. The van der Waals surface area contributed by atoms with Crippen molar-refractivity contribution < 1.29 is 5.11 Å². The molecule has 110 valence electrons. The summed E-state index contributed by atoms with van der Waals surface area (Å²) in [6.45, 7) is 0. The number of aliphatic hydroxyl groups is 1. The van der Waals surface area contributed by atoms with Gasteiger partial charge in [-0.1, -0.05) is 66.7 Å². The molecule has 0 fully saturated rings. The molecule has 0 unspecified atom stereocenters. The Morgan fingerprint density at radius 1 is 0.727 bits per heavy atom. The molecule has 0 radical (unpaired) electrons. The quantitative estimate of drug-likeness (QED) is 0.747. The summed E-state index contributed by atoms with van der Waals surface area (Å²) >= 11 is 0.